The molecule has 2 saturated heterocycles. The highest BCUT2D eigenvalue weighted by Gasteiger charge is 2.45. The smallest absolute Gasteiger partial charge is 0.321 e. The monoisotopic (exact) mass is 391 g/mol. The molecule has 3 fully saturated rings. The predicted molar refractivity (Wildman–Crippen MR) is 104 cm³/mol. The third-order valence-electron chi connectivity index (χ3n) is 5.87. The maximum absolute atomic E-state index is 12.5. The molecule has 0 aromatic heterocycles. The first-order valence-corrected chi connectivity index (χ1v) is 10.2. The van der Waals surface area contributed by atoms with Gasteiger partial charge in [-0.1, -0.05) is 11.6 Å². The van der Waals surface area contributed by atoms with Gasteiger partial charge in [-0.25, -0.2) is 4.79 Å². The molecule has 1 saturated carbocycles. The number of benzene rings is 1. The molecule has 1 aromatic rings. The third kappa shape index (κ3) is 4.55. The number of amides is 3. The van der Waals surface area contributed by atoms with Crippen molar-refractivity contribution in [2.75, 3.05) is 25.0 Å². The van der Waals surface area contributed by atoms with E-state index in [1.54, 1.807) is 24.3 Å². The van der Waals surface area contributed by atoms with Gasteiger partial charge in [-0.3, -0.25) is 4.79 Å². The topological polar surface area (TPSA) is 70.7 Å². The van der Waals surface area contributed by atoms with Crippen molar-refractivity contribution >= 4 is 29.2 Å². The van der Waals surface area contributed by atoms with Gasteiger partial charge in [-0.05, 0) is 68.7 Å². The molecular weight excluding hydrogens is 366 g/mol. The van der Waals surface area contributed by atoms with Crippen molar-refractivity contribution in [3.05, 3.63) is 29.3 Å². The number of nitrogens with zero attached hydrogens (tertiary/aromatic N) is 1. The number of rotatable bonds is 4. The van der Waals surface area contributed by atoms with Crippen LogP contribution in [-0.4, -0.2) is 48.2 Å². The van der Waals surface area contributed by atoms with Crippen LogP contribution in [0.25, 0.3) is 0 Å². The minimum absolute atomic E-state index is 0.0293. The number of halogens is 1. The molecule has 1 atom stereocenters. The van der Waals surface area contributed by atoms with Crippen LogP contribution in [0, 0.1) is 5.92 Å². The van der Waals surface area contributed by atoms with Crippen LogP contribution in [0.2, 0.25) is 5.02 Å². The van der Waals surface area contributed by atoms with Crippen molar-refractivity contribution in [3.63, 3.8) is 0 Å². The van der Waals surface area contributed by atoms with Crippen LogP contribution in [0.1, 0.15) is 38.5 Å². The lowest BCUT2D eigenvalue weighted by molar-refractivity contribution is -0.140. The quantitative estimate of drug-likeness (QED) is 0.826. The van der Waals surface area contributed by atoms with Crippen LogP contribution in [0.4, 0.5) is 10.5 Å². The second kappa shape index (κ2) is 7.68. The van der Waals surface area contributed by atoms with Gasteiger partial charge in [0.15, 0.2) is 0 Å². The second-order valence-corrected chi connectivity index (χ2v) is 8.38. The molecular formula is C20H26ClN3O3. The average Bonchev–Trinajstić information content (AvgIpc) is 3.42. The molecule has 2 aliphatic heterocycles. The van der Waals surface area contributed by atoms with Gasteiger partial charge in [0.2, 0.25) is 5.91 Å². The van der Waals surface area contributed by atoms with Crippen LogP contribution in [-0.2, 0) is 9.53 Å². The Kier molecular flexibility index (Phi) is 5.28. The van der Waals surface area contributed by atoms with Gasteiger partial charge in [-0.15, -0.1) is 0 Å². The number of ether oxygens (including phenoxy) is 1. The van der Waals surface area contributed by atoms with Gasteiger partial charge in [0.1, 0.15) is 6.10 Å². The number of nitrogens with one attached hydrogen (secondary N) is 2. The Balaban J connectivity index is 1.25. The molecule has 3 aliphatic rings. The lowest BCUT2D eigenvalue weighted by Crippen LogP contribution is -2.48. The summed E-state index contributed by atoms with van der Waals surface area (Å²) in [6.07, 6.45) is 5.32. The average molecular weight is 392 g/mol. The maximum Gasteiger partial charge on any atom is 0.321 e. The summed E-state index contributed by atoms with van der Waals surface area (Å²) in [4.78, 5) is 26.6. The zero-order valence-electron chi connectivity index (χ0n) is 15.4. The zero-order valence-corrected chi connectivity index (χ0v) is 16.1. The van der Waals surface area contributed by atoms with Crippen LogP contribution in [0.3, 0.4) is 0 Å². The molecule has 6 nitrogen and oxygen atoms in total. The van der Waals surface area contributed by atoms with Gasteiger partial charge >= 0.3 is 6.03 Å². The summed E-state index contributed by atoms with van der Waals surface area (Å²) in [5.41, 5.74) is 0.479. The normalized spacial score (nSPS) is 24.0. The summed E-state index contributed by atoms with van der Waals surface area (Å²) in [5, 5.41) is 6.56. The second-order valence-electron chi connectivity index (χ2n) is 7.94. The molecule has 1 unspecified atom stereocenters. The van der Waals surface area contributed by atoms with Crippen LogP contribution < -0.4 is 10.6 Å². The summed E-state index contributed by atoms with van der Waals surface area (Å²) in [6.45, 7) is 2.05. The lowest BCUT2D eigenvalue weighted by atomic mass is 9.88. The molecule has 1 aliphatic carbocycles. The molecule has 3 amide bonds. The lowest BCUT2D eigenvalue weighted by Gasteiger charge is -2.39. The van der Waals surface area contributed by atoms with E-state index in [0.717, 1.165) is 37.9 Å². The molecule has 0 bridgehead atoms. The Hall–Kier alpha value is -1.79. The Morgan fingerprint density at radius 3 is 2.48 bits per heavy atom. The van der Waals surface area contributed by atoms with E-state index in [1.807, 2.05) is 4.90 Å². The molecule has 7 heteroatoms. The third-order valence-corrected chi connectivity index (χ3v) is 6.12. The molecule has 0 radical (unpaired) electrons. The summed E-state index contributed by atoms with van der Waals surface area (Å²) in [5.74, 6) is 0.702. The summed E-state index contributed by atoms with van der Waals surface area (Å²) in [6, 6.07) is 6.98. The summed E-state index contributed by atoms with van der Waals surface area (Å²) in [7, 11) is 0. The molecule has 1 aromatic carbocycles. The molecule has 146 valence electrons. The van der Waals surface area contributed by atoms with Crippen LogP contribution in [0.5, 0.6) is 0 Å². The first-order valence-electron chi connectivity index (χ1n) is 9.80. The van der Waals surface area contributed by atoms with E-state index in [9.17, 15) is 9.59 Å². The highest BCUT2D eigenvalue weighted by Crippen LogP contribution is 2.39. The van der Waals surface area contributed by atoms with Crippen molar-refractivity contribution in [1.82, 2.24) is 10.2 Å². The van der Waals surface area contributed by atoms with Crippen molar-refractivity contribution in [2.45, 2.75) is 50.2 Å². The molecule has 4 rings (SSSR count). The fourth-order valence-corrected chi connectivity index (χ4v) is 4.03. The van der Waals surface area contributed by atoms with Crippen molar-refractivity contribution in [3.8, 4) is 0 Å². The minimum atomic E-state index is -0.335. The van der Waals surface area contributed by atoms with Crippen LogP contribution in [0.15, 0.2) is 24.3 Å². The van der Waals surface area contributed by atoms with Gasteiger partial charge < -0.3 is 20.3 Å². The highest BCUT2D eigenvalue weighted by atomic mass is 35.5. The summed E-state index contributed by atoms with van der Waals surface area (Å²) < 4.78 is 6.18. The Bertz CT molecular complexity index is 697. The molecule has 2 N–H and O–H groups in total. The fourth-order valence-electron chi connectivity index (χ4n) is 3.90. The SMILES string of the molecule is O=C(NCC1CC1)C1CCC2(CCN(C(=O)Nc3ccc(Cl)cc3)CC2)O1. The number of urea groups is 1. The van der Waals surface area contributed by atoms with E-state index in [0.29, 0.717) is 24.0 Å². The van der Waals surface area contributed by atoms with Crippen molar-refractivity contribution < 1.29 is 14.3 Å². The van der Waals surface area contributed by atoms with Gasteiger partial charge in [0.25, 0.3) is 0 Å². The molecule has 27 heavy (non-hydrogen) atoms. The number of carbonyl (C=O) groups is 2. The molecule has 1 spiro atoms. The van der Waals surface area contributed by atoms with Gasteiger partial charge in [0.05, 0.1) is 5.60 Å². The predicted octanol–water partition coefficient (Wildman–Crippen LogP) is 3.41. The fraction of sp³-hybridized carbons (Fsp3) is 0.600. The molecule has 2 heterocycles. The van der Waals surface area contributed by atoms with E-state index < -0.39 is 0 Å². The largest absolute Gasteiger partial charge is 0.362 e. The number of likely N-dealkylation sites (tertiary alicyclic amines) is 1. The van der Waals surface area contributed by atoms with E-state index in [4.69, 9.17) is 16.3 Å². The minimum Gasteiger partial charge on any atom is -0.362 e. The number of hydrogen-bond acceptors (Lipinski definition) is 3. The summed E-state index contributed by atoms with van der Waals surface area (Å²) >= 11 is 5.87. The number of piperidine rings is 1. The van der Waals surface area contributed by atoms with Crippen LogP contribution >= 0.6 is 11.6 Å². The Morgan fingerprint density at radius 1 is 1.11 bits per heavy atom. The van der Waals surface area contributed by atoms with E-state index in [-0.39, 0.29) is 23.6 Å². The first-order chi connectivity index (χ1) is 13.0. The number of anilines is 1. The van der Waals surface area contributed by atoms with Crippen molar-refractivity contribution in [2.24, 2.45) is 5.92 Å². The van der Waals surface area contributed by atoms with E-state index in [2.05, 4.69) is 10.6 Å². The first kappa shape index (κ1) is 18.6. The number of carbonyl (C=O) groups excluding carboxylic acids is 2. The van der Waals surface area contributed by atoms with E-state index >= 15 is 0 Å². The highest BCUT2D eigenvalue weighted by molar-refractivity contribution is 6.30. The Labute approximate surface area is 164 Å². The maximum atomic E-state index is 12.5. The van der Waals surface area contributed by atoms with Crippen molar-refractivity contribution in [1.29, 1.82) is 0 Å². The van der Waals surface area contributed by atoms with Gasteiger partial charge in [0, 0.05) is 30.3 Å². The van der Waals surface area contributed by atoms with Gasteiger partial charge in [-0.2, -0.15) is 0 Å². The standard InChI is InChI=1S/C20H26ClN3O3/c21-15-3-5-16(6-4-15)23-19(26)24-11-9-20(10-12-24)8-7-17(27-20)18(25)22-13-14-1-2-14/h3-6,14,17H,1-2,7-13H2,(H,22,25)(H,23,26). The van der Waals surface area contributed by atoms with E-state index in [1.165, 1.54) is 12.8 Å². The zero-order chi connectivity index (χ0) is 18.9. The number of hydrogen-bond donors (Lipinski definition) is 2. The Morgan fingerprint density at radius 2 is 1.81 bits per heavy atom.